The summed E-state index contributed by atoms with van der Waals surface area (Å²) < 4.78 is 4.86. The molecular formula is C13H18N2O3. The highest BCUT2D eigenvalue weighted by Crippen LogP contribution is 2.09. The van der Waals surface area contributed by atoms with Gasteiger partial charge in [-0.2, -0.15) is 0 Å². The van der Waals surface area contributed by atoms with E-state index in [1.807, 2.05) is 18.2 Å². The fraction of sp³-hybridized carbons (Fsp3) is 0.385. The normalized spacial score (nSPS) is 9.89. The van der Waals surface area contributed by atoms with Crippen LogP contribution in [0.1, 0.15) is 12.0 Å². The minimum atomic E-state index is -0.382. The number of anilines is 1. The number of carbonyl (C=O) groups is 2. The summed E-state index contributed by atoms with van der Waals surface area (Å²) in [6.45, 7) is -0.206. The van der Waals surface area contributed by atoms with Crippen LogP contribution in [0.25, 0.3) is 0 Å². The molecular weight excluding hydrogens is 232 g/mol. The van der Waals surface area contributed by atoms with Crippen molar-refractivity contribution in [1.29, 1.82) is 0 Å². The van der Waals surface area contributed by atoms with E-state index >= 15 is 0 Å². The van der Waals surface area contributed by atoms with Crippen LogP contribution in [0, 0.1) is 0 Å². The first-order valence-corrected chi connectivity index (χ1v) is 5.69. The van der Waals surface area contributed by atoms with Crippen LogP contribution in [-0.4, -0.2) is 37.5 Å². The molecule has 1 amide bonds. The first-order valence-electron chi connectivity index (χ1n) is 5.69. The van der Waals surface area contributed by atoms with Gasteiger partial charge in [-0.25, -0.2) is 0 Å². The van der Waals surface area contributed by atoms with Crippen LogP contribution in [0.3, 0.4) is 0 Å². The highest BCUT2D eigenvalue weighted by atomic mass is 16.5. The van der Waals surface area contributed by atoms with E-state index in [4.69, 9.17) is 10.5 Å². The number of aryl methyl sites for hydroxylation is 1. The zero-order chi connectivity index (χ0) is 13.5. The largest absolute Gasteiger partial charge is 0.456 e. The van der Waals surface area contributed by atoms with Gasteiger partial charge < -0.3 is 15.4 Å². The van der Waals surface area contributed by atoms with Crippen LogP contribution in [-0.2, 0) is 20.7 Å². The molecule has 0 aliphatic carbocycles. The van der Waals surface area contributed by atoms with Gasteiger partial charge in [0.25, 0.3) is 5.91 Å². The molecule has 5 heteroatoms. The molecule has 0 atom stereocenters. The molecule has 0 aromatic heterocycles. The average molecular weight is 250 g/mol. The zero-order valence-electron chi connectivity index (χ0n) is 10.7. The van der Waals surface area contributed by atoms with Crippen molar-refractivity contribution >= 4 is 17.6 Å². The molecule has 0 aliphatic heterocycles. The van der Waals surface area contributed by atoms with Crippen molar-refractivity contribution in [2.45, 2.75) is 12.8 Å². The molecule has 18 heavy (non-hydrogen) atoms. The Morgan fingerprint density at radius 1 is 1.33 bits per heavy atom. The van der Waals surface area contributed by atoms with Crippen LogP contribution in [0.4, 0.5) is 5.69 Å². The van der Waals surface area contributed by atoms with E-state index < -0.39 is 0 Å². The second kappa shape index (κ2) is 6.64. The van der Waals surface area contributed by atoms with Gasteiger partial charge in [-0.1, -0.05) is 12.1 Å². The summed E-state index contributed by atoms with van der Waals surface area (Å²) in [7, 11) is 3.23. The standard InChI is InChI=1S/C13H18N2O3/c1-15(2)12(16)9-18-13(17)7-6-10-4-3-5-11(14)8-10/h3-5,8H,6-7,9,14H2,1-2H3. The highest BCUT2D eigenvalue weighted by molar-refractivity contribution is 5.80. The van der Waals surface area contributed by atoms with Gasteiger partial charge in [0.05, 0.1) is 0 Å². The number of hydrogen-bond acceptors (Lipinski definition) is 4. The molecule has 1 aromatic carbocycles. The number of nitrogen functional groups attached to an aromatic ring is 1. The fourth-order valence-electron chi connectivity index (χ4n) is 1.34. The van der Waals surface area contributed by atoms with Gasteiger partial charge in [0.2, 0.25) is 0 Å². The Kier molecular flexibility index (Phi) is 5.17. The van der Waals surface area contributed by atoms with Crippen LogP contribution in [0.15, 0.2) is 24.3 Å². The van der Waals surface area contributed by atoms with Crippen LogP contribution in [0.2, 0.25) is 0 Å². The Hall–Kier alpha value is -2.04. The van der Waals surface area contributed by atoms with Crippen molar-refractivity contribution in [2.24, 2.45) is 0 Å². The molecule has 0 spiro atoms. The van der Waals surface area contributed by atoms with E-state index in [0.29, 0.717) is 12.1 Å². The molecule has 0 unspecified atom stereocenters. The summed E-state index contributed by atoms with van der Waals surface area (Å²) >= 11 is 0. The molecule has 0 heterocycles. The maximum Gasteiger partial charge on any atom is 0.306 e. The lowest BCUT2D eigenvalue weighted by molar-refractivity contribution is -0.151. The van der Waals surface area contributed by atoms with E-state index in [9.17, 15) is 9.59 Å². The minimum absolute atomic E-state index is 0.206. The van der Waals surface area contributed by atoms with Crippen molar-refractivity contribution in [3.05, 3.63) is 29.8 Å². The lowest BCUT2D eigenvalue weighted by atomic mass is 10.1. The monoisotopic (exact) mass is 250 g/mol. The number of hydrogen-bond donors (Lipinski definition) is 1. The van der Waals surface area contributed by atoms with Crippen molar-refractivity contribution in [3.63, 3.8) is 0 Å². The van der Waals surface area contributed by atoms with Gasteiger partial charge in [-0.3, -0.25) is 9.59 Å². The number of ether oxygens (including phenoxy) is 1. The molecule has 1 aromatic rings. The SMILES string of the molecule is CN(C)C(=O)COC(=O)CCc1cccc(N)c1. The maximum atomic E-state index is 11.4. The van der Waals surface area contributed by atoms with Gasteiger partial charge >= 0.3 is 5.97 Å². The second-order valence-corrected chi connectivity index (χ2v) is 4.19. The van der Waals surface area contributed by atoms with Gasteiger partial charge in [-0.05, 0) is 24.1 Å². The predicted octanol–water partition coefficient (Wildman–Crippen LogP) is 0.833. The summed E-state index contributed by atoms with van der Waals surface area (Å²) in [6.07, 6.45) is 0.796. The maximum absolute atomic E-state index is 11.4. The Morgan fingerprint density at radius 3 is 2.67 bits per heavy atom. The summed E-state index contributed by atoms with van der Waals surface area (Å²) in [5.74, 6) is -0.611. The molecule has 1 rings (SSSR count). The highest BCUT2D eigenvalue weighted by Gasteiger charge is 2.09. The van der Waals surface area contributed by atoms with Crippen LogP contribution < -0.4 is 5.73 Å². The van der Waals surface area contributed by atoms with Crippen molar-refractivity contribution in [1.82, 2.24) is 4.90 Å². The third-order valence-electron chi connectivity index (χ3n) is 2.42. The van der Waals surface area contributed by atoms with Crippen LogP contribution in [0.5, 0.6) is 0 Å². The smallest absolute Gasteiger partial charge is 0.306 e. The molecule has 98 valence electrons. The van der Waals surface area contributed by atoms with Crippen LogP contribution >= 0.6 is 0 Å². The van der Waals surface area contributed by atoms with Crippen molar-refractivity contribution < 1.29 is 14.3 Å². The zero-order valence-corrected chi connectivity index (χ0v) is 10.7. The van der Waals surface area contributed by atoms with E-state index in [0.717, 1.165) is 5.56 Å². The first kappa shape index (κ1) is 14.0. The molecule has 0 saturated heterocycles. The van der Waals surface area contributed by atoms with Gasteiger partial charge in [0.15, 0.2) is 6.61 Å². The number of likely N-dealkylation sites (N-methyl/N-ethyl adjacent to an activating group) is 1. The predicted molar refractivity (Wildman–Crippen MR) is 68.8 cm³/mol. The number of amides is 1. The van der Waals surface area contributed by atoms with Crippen molar-refractivity contribution in [2.75, 3.05) is 26.4 Å². The first-order chi connectivity index (χ1) is 8.49. The van der Waals surface area contributed by atoms with Crippen molar-refractivity contribution in [3.8, 4) is 0 Å². The van der Waals surface area contributed by atoms with E-state index in [1.54, 1.807) is 20.2 Å². The molecule has 0 aliphatic rings. The molecule has 0 saturated carbocycles. The third kappa shape index (κ3) is 4.86. The molecule has 0 fully saturated rings. The Bertz CT molecular complexity index is 430. The summed E-state index contributed by atoms with van der Waals surface area (Å²) in [4.78, 5) is 24.0. The Labute approximate surface area is 107 Å². The molecule has 2 N–H and O–H groups in total. The average Bonchev–Trinajstić information content (AvgIpc) is 2.33. The molecule has 5 nitrogen and oxygen atoms in total. The molecule has 0 radical (unpaired) electrons. The number of nitrogens with zero attached hydrogens (tertiary/aromatic N) is 1. The Morgan fingerprint density at radius 2 is 2.06 bits per heavy atom. The number of nitrogens with two attached hydrogens (primary N) is 1. The van der Waals surface area contributed by atoms with Gasteiger partial charge in [0.1, 0.15) is 0 Å². The number of rotatable bonds is 5. The number of benzene rings is 1. The third-order valence-corrected chi connectivity index (χ3v) is 2.42. The lowest BCUT2D eigenvalue weighted by Crippen LogP contribution is -2.27. The van der Waals surface area contributed by atoms with E-state index in [2.05, 4.69) is 0 Å². The number of esters is 1. The topological polar surface area (TPSA) is 72.6 Å². The fourth-order valence-corrected chi connectivity index (χ4v) is 1.34. The quantitative estimate of drug-likeness (QED) is 0.620. The minimum Gasteiger partial charge on any atom is -0.456 e. The number of carbonyl (C=O) groups excluding carboxylic acids is 2. The summed E-state index contributed by atoms with van der Waals surface area (Å²) in [5, 5.41) is 0. The van der Waals surface area contributed by atoms with Gasteiger partial charge in [-0.15, -0.1) is 0 Å². The van der Waals surface area contributed by atoms with Gasteiger partial charge in [0, 0.05) is 26.2 Å². The summed E-state index contributed by atoms with van der Waals surface area (Å²) in [6, 6.07) is 7.34. The second-order valence-electron chi connectivity index (χ2n) is 4.19. The lowest BCUT2D eigenvalue weighted by Gasteiger charge is -2.10. The summed E-state index contributed by atoms with van der Waals surface area (Å²) in [5.41, 5.74) is 7.28. The van der Waals surface area contributed by atoms with E-state index in [-0.39, 0.29) is 24.9 Å². The van der Waals surface area contributed by atoms with E-state index in [1.165, 1.54) is 4.90 Å². The molecule has 0 bridgehead atoms. The Balaban J connectivity index is 2.31.